The minimum atomic E-state index is -0.349. The van der Waals surface area contributed by atoms with Gasteiger partial charge in [0, 0.05) is 18.2 Å². The standard InChI is InChI=1S/C18H19N5O2/c1-11-4-6-13-14(9-18(2,3)25-15(13)8-11)19-17(24)12-5-7-16-20-21-22-23(16)10-12/h4-8,10,14H,9H2,1-3H3,(H,19,24). The Balaban J connectivity index is 1.64. The summed E-state index contributed by atoms with van der Waals surface area (Å²) in [6, 6.07) is 9.41. The van der Waals surface area contributed by atoms with Gasteiger partial charge >= 0.3 is 0 Å². The molecule has 7 heteroatoms. The van der Waals surface area contributed by atoms with E-state index in [2.05, 4.69) is 20.8 Å². The molecule has 25 heavy (non-hydrogen) atoms. The van der Waals surface area contributed by atoms with Crippen molar-refractivity contribution in [3.8, 4) is 5.75 Å². The number of nitrogens with one attached hydrogen (secondary N) is 1. The second-order valence-corrected chi connectivity index (χ2v) is 7.03. The van der Waals surface area contributed by atoms with Crippen LogP contribution in [0.4, 0.5) is 0 Å². The Morgan fingerprint density at radius 1 is 1.32 bits per heavy atom. The number of carbonyl (C=O) groups excluding carboxylic acids is 1. The van der Waals surface area contributed by atoms with Gasteiger partial charge in [-0.25, -0.2) is 0 Å². The fourth-order valence-corrected chi connectivity index (χ4v) is 3.20. The number of ether oxygens (including phenoxy) is 1. The SMILES string of the molecule is Cc1ccc2c(c1)OC(C)(C)CC2NC(=O)c1ccc2nnnn2c1. The number of nitrogens with zero attached hydrogens (tertiary/aromatic N) is 4. The molecule has 2 aromatic heterocycles. The first-order valence-corrected chi connectivity index (χ1v) is 8.19. The molecule has 1 aromatic carbocycles. The minimum Gasteiger partial charge on any atom is -0.487 e. The van der Waals surface area contributed by atoms with Gasteiger partial charge in [0.15, 0.2) is 5.65 Å². The average molecular weight is 337 g/mol. The zero-order valence-electron chi connectivity index (χ0n) is 14.4. The van der Waals surface area contributed by atoms with E-state index in [1.54, 1.807) is 18.3 Å². The number of hydrogen-bond acceptors (Lipinski definition) is 5. The van der Waals surface area contributed by atoms with E-state index in [4.69, 9.17) is 4.74 Å². The lowest BCUT2D eigenvalue weighted by atomic mass is 9.89. The highest BCUT2D eigenvalue weighted by Gasteiger charge is 2.34. The molecule has 7 nitrogen and oxygen atoms in total. The molecule has 0 spiro atoms. The third kappa shape index (κ3) is 2.93. The van der Waals surface area contributed by atoms with Crippen molar-refractivity contribution >= 4 is 11.6 Å². The molecule has 1 unspecified atom stereocenters. The molecule has 4 rings (SSSR count). The number of benzene rings is 1. The van der Waals surface area contributed by atoms with E-state index in [0.717, 1.165) is 16.9 Å². The summed E-state index contributed by atoms with van der Waals surface area (Å²) in [4.78, 5) is 12.7. The number of carbonyl (C=O) groups is 1. The molecule has 0 saturated heterocycles. The van der Waals surface area contributed by atoms with Crippen LogP contribution < -0.4 is 10.1 Å². The van der Waals surface area contributed by atoms with Crippen LogP contribution in [0.5, 0.6) is 5.75 Å². The third-order valence-corrected chi connectivity index (χ3v) is 4.39. The molecule has 0 radical (unpaired) electrons. The number of aromatic nitrogens is 4. The monoisotopic (exact) mass is 337 g/mol. The van der Waals surface area contributed by atoms with E-state index in [0.29, 0.717) is 17.6 Å². The first-order valence-electron chi connectivity index (χ1n) is 8.19. The number of rotatable bonds is 2. The van der Waals surface area contributed by atoms with E-state index in [-0.39, 0.29) is 17.6 Å². The predicted molar refractivity (Wildman–Crippen MR) is 91.5 cm³/mol. The summed E-state index contributed by atoms with van der Waals surface area (Å²) in [7, 11) is 0. The number of tetrazole rings is 1. The lowest BCUT2D eigenvalue weighted by molar-refractivity contribution is 0.0619. The Hall–Kier alpha value is -2.96. The molecule has 1 N–H and O–H groups in total. The van der Waals surface area contributed by atoms with Crippen LogP contribution in [0.2, 0.25) is 0 Å². The molecule has 3 heterocycles. The van der Waals surface area contributed by atoms with Crippen molar-refractivity contribution in [2.75, 3.05) is 0 Å². The summed E-state index contributed by atoms with van der Waals surface area (Å²) in [6.45, 7) is 6.09. The van der Waals surface area contributed by atoms with E-state index < -0.39 is 0 Å². The topological polar surface area (TPSA) is 81.4 Å². The summed E-state index contributed by atoms with van der Waals surface area (Å²) >= 11 is 0. The average Bonchev–Trinajstić information content (AvgIpc) is 3.00. The largest absolute Gasteiger partial charge is 0.487 e. The van der Waals surface area contributed by atoms with Gasteiger partial charge in [0.1, 0.15) is 11.4 Å². The third-order valence-electron chi connectivity index (χ3n) is 4.39. The van der Waals surface area contributed by atoms with Gasteiger partial charge in [0.2, 0.25) is 0 Å². The van der Waals surface area contributed by atoms with E-state index >= 15 is 0 Å². The van der Waals surface area contributed by atoms with Gasteiger partial charge in [-0.1, -0.05) is 12.1 Å². The number of aryl methyl sites for hydroxylation is 1. The molecule has 1 aliphatic heterocycles. The molecular weight excluding hydrogens is 318 g/mol. The molecule has 0 aliphatic carbocycles. The lowest BCUT2D eigenvalue weighted by Crippen LogP contribution is -2.41. The highest BCUT2D eigenvalue weighted by molar-refractivity contribution is 5.94. The maximum Gasteiger partial charge on any atom is 0.253 e. The fourth-order valence-electron chi connectivity index (χ4n) is 3.20. The van der Waals surface area contributed by atoms with Crippen LogP contribution in [0.3, 0.4) is 0 Å². The second-order valence-electron chi connectivity index (χ2n) is 7.03. The smallest absolute Gasteiger partial charge is 0.253 e. The van der Waals surface area contributed by atoms with Crippen LogP contribution in [0, 0.1) is 6.92 Å². The van der Waals surface area contributed by atoms with Gasteiger partial charge in [0.25, 0.3) is 5.91 Å². The molecule has 1 aliphatic rings. The Morgan fingerprint density at radius 3 is 3.00 bits per heavy atom. The first kappa shape index (κ1) is 15.6. The van der Waals surface area contributed by atoms with Gasteiger partial charge in [0.05, 0.1) is 11.6 Å². The fraction of sp³-hybridized carbons (Fsp3) is 0.333. The normalized spacial score (nSPS) is 18.4. The lowest BCUT2D eigenvalue weighted by Gasteiger charge is -2.38. The zero-order chi connectivity index (χ0) is 17.6. The van der Waals surface area contributed by atoms with Crippen molar-refractivity contribution in [2.24, 2.45) is 0 Å². The molecule has 128 valence electrons. The number of amides is 1. The van der Waals surface area contributed by atoms with Crippen molar-refractivity contribution < 1.29 is 9.53 Å². The highest BCUT2D eigenvalue weighted by atomic mass is 16.5. The van der Waals surface area contributed by atoms with Crippen LogP contribution in [0.1, 0.15) is 47.8 Å². The Kier molecular flexibility index (Phi) is 3.45. The van der Waals surface area contributed by atoms with Crippen LogP contribution in [0.25, 0.3) is 5.65 Å². The first-order chi connectivity index (χ1) is 11.9. The molecule has 0 bridgehead atoms. The summed E-state index contributed by atoms with van der Waals surface area (Å²) in [5.74, 6) is 0.670. The van der Waals surface area contributed by atoms with E-state index in [1.807, 2.05) is 39.0 Å². The molecular formula is C18H19N5O2. The van der Waals surface area contributed by atoms with Gasteiger partial charge in [-0.3, -0.25) is 4.79 Å². The van der Waals surface area contributed by atoms with Gasteiger partial charge in [-0.2, -0.15) is 4.52 Å². The maximum absolute atomic E-state index is 12.7. The van der Waals surface area contributed by atoms with Crippen molar-refractivity contribution in [1.29, 1.82) is 0 Å². The summed E-state index contributed by atoms with van der Waals surface area (Å²) in [5, 5.41) is 14.4. The van der Waals surface area contributed by atoms with E-state index in [9.17, 15) is 4.79 Å². The zero-order valence-corrected chi connectivity index (χ0v) is 14.4. The number of pyridine rings is 1. The summed E-state index contributed by atoms with van der Waals surface area (Å²) in [6.07, 6.45) is 2.33. The Bertz CT molecular complexity index is 963. The van der Waals surface area contributed by atoms with Crippen molar-refractivity contribution in [3.05, 3.63) is 53.2 Å². The summed E-state index contributed by atoms with van der Waals surface area (Å²) in [5.41, 5.74) is 2.90. The Morgan fingerprint density at radius 2 is 2.16 bits per heavy atom. The molecule has 0 fully saturated rings. The predicted octanol–water partition coefficient (Wildman–Crippen LogP) is 2.46. The van der Waals surface area contributed by atoms with E-state index in [1.165, 1.54) is 4.52 Å². The number of hydrogen-bond donors (Lipinski definition) is 1. The Labute approximate surface area is 145 Å². The highest BCUT2D eigenvalue weighted by Crippen LogP contribution is 2.40. The molecule has 1 amide bonds. The second kappa shape index (κ2) is 5.54. The number of fused-ring (bicyclic) bond motifs is 2. The van der Waals surface area contributed by atoms with Crippen molar-refractivity contribution in [1.82, 2.24) is 25.4 Å². The van der Waals surface area contributed by atoms with Crippen LogP contribution in [-0.4, -0.2) is 31.5 Å². The van der Waals surface area contributed by atoms with Crippen LogP contribution in [0.15, 0.2) is 36.5 Å². The van der Waals surface area contributed by atoms with Gasteiger partial charge in [-0.15, -0.1) is 5.10 Å². The van der Waals surface area contributed by atoms with Crippen LogP contribution >= 0.6 is 0 Å². The van der Waals surface area contributed by atoms with Gasteiger partial charge in [-0.05, 0) is 55.0 Å². The van der Waals surface area contributed by atoms with Crippen molar-refractivity contribution in [2.45, 2.75) is 38.8 Å². The molecule has 0 saturated carbocycles. The summed E-state index contributed by atoms with van der Waals surface area (Å²) < 4.78 is 7.57. The minimum absolute atomic E-state index is 0.114. The van der Waals surface area contributed by atoms with Crippen LogP contribution in [-0.2, 0) is 0 Å². The molecule has 1 atom stereocenters. The quantitative estimate of drug-likeness (QED) is 0.777. The maximum atomic E-state index is 12.7. The molecule has 3 aromatic rings. The van der Waals surface area contributed by atoms with Crippen molar-refractivity contribution in [3.63, 3.8) is 0 Å². The van der Waals surface area contributed by atoms with Gasteiger partial charge < -0.3 is 10.1 Å².